The van der Waals surface area contributed by atoms with Gasteiger partial charge in [0.1, 0.15) is 0 Å². The topological polar surface area (TPSA) is 69.3 Å². The van der Waals surface area contributed by atoms with E-state index in [9.17, 15) is 5.11 Å². The van der Waals surface area contributed by atoms with Crippen molar-refractivity contribution < 1.29 is 5.11 Å². The van der Waals surface area contributed by atoms with Crippen LogP contribution in [0.4, 0.5) is 0 Å². The van der Waals surface area contributed by atoms with E-state index < -0.39 is 5.72 Å². The number of aliphatic hydroxyl groups is 1. The molecule has 0 radical (unpaired) electrons. The average Bonchev–Trinajstić information content (AvgIpc) is 2.48. The maximum atomic E-state index is 9.36. The molecule has 5 heteroatoms. The zero-order valence-corrected chi connectivity index (χ0v) is 14.9. The average molecular weight is 300 g/mol. The lowest BCUT2D eigenvalue weighted by atomic mass is 10.2. The van der Waals surface area contributed by atoms with Crippen LogP contribution in [0.5, 0.6) is 0 Å². The molecule has 5 nitrogen and oxygen atoms in total. The van der Waals surface area contributed by atoms with E-state index in [1.54, 1.807) is 6.92 Å². The zero-order valence-electron chi connectivity index (χ0n) is 14.9. The molecule has 0 bridgehead atoms. The van der Waals surface area contributed by atoms with Crippen molar-refractivity contribution in [2.75, 3.05) is 13.1 Å². The molecule has 0 aromatic rings. The summed E-state index contributed by atoms with van der Waals surface area (Å²) in [6, 6.07) is 0. The van der Waals surface area contributed by atoms with Crippen molar-refractivity contribution in [1.29, 1.82) is 0 Å². The summed E-state index contributed by atoms with van der Waals surface area (Å²) >= 11 is 0. The third-order valence-corrected chi connectivity index (χ3v) is 2.99. The minimum Gasteiger partial charge on any atom is -0.368 e. The largest absolute Gasteiger partial charge is 0.368 e. The highest BCUT2D eigenvalue weighted by molar-refractivity contribution is 5.81. The van der Waals surface area contributed by atoms with Gasteiger partial charge in [0.2, 0.25) is 0 Å². The summed E-state index contributed by atoms with van der Waals surface area (Å²) in [4.78, 5) is 0. The van der Waals surface area contributed by atoms with Crippen LogP contribution < -0.4 is 5.43 Å². The lowest BCUT2D eigenvalue weighted by Crippen LogP contribution is -2.18. The van der Waals surface area contributed by atoms with Gasteiger partial charge in [0.25, 0.3) is 0 Å². The molecule has 0 fully saturated rings. The van der Waals surface area contributed by atoms with Gasteiger partial charge in [0.05, 0.1) is 6.54 Å². The standard InChI is InChI=1S/C8H18N2O.C8H18N2/c1-4-6-7-9-10-8(3,11)5-2;1-4-6-7-9-10-8(3)5-2/h11H,4-7H2,1-3H3;9H,4-7H2,1-3H3. The van der Waals surface area contributed by atoms with E-state index in [-0.39, 0.29) is 0 Å². The molecule has 0 aliphatic heterocycles. The minimum atomic E-state index is -0.951. The van der Waals surface area contributed by atoms with Gasteiger partial charge in [-0.25, -0.2) is 0 Å². The van der Waals surface area contributed by atoms with E-state index in [1.807, 2.05) is 13.8 Å². The van der Waals surface area contributed by atoms with Gasteiger partial charge < -0.3 is 10.5 Å². The molecule has 0 spiro atoms. The Labute approximate surface area is 131 Å². The molecule has 0 aromatic carbocycles. The summed E-state index contributed by atoms with van der Waals surface area (Å²) in [5.41, 5.74) is 3.25. The molecular weight excluding hydrogens is 264 g/mol. The summed E-state index contributed by atoms with van der Waals surface area (Å²) in [6.45, 7) is 13.7. The van der Waals surface area contributed by atoms with Crippen molar-refractivity contribution in [1.82, 2.24) is 5.43 Å². The first kappa shape index (κ1) is 22.3. The van der Waals surface area contributed by atoms with Crippen LogP contribution in [0.25, 0.3) is 0 Å². The molecule has 0 aliphatic carbocycles. The highest BCUT2D eigenvalue weighted by Gasteiger charge is 2.14. The highest BCUT2D eigenvalue weighted by Crippen LogP contribution is 2.10. The van der Waals surface area contributed by atoms with E-state index >= 15 is 0 Å². The molecule has 1 unspecified atom stereocenters. The Balaban J connectivity index is 0. The van der Waals surface area contributed by atoms with Crippen LogP contribution in [-0.2, 0) is 0 Å². The monoisotopic (exact) mass is 300 g/mol. The molecule has 126 valence electrons. The summed E-state index contributed by atoms with van der Waals surface area (Å²) < 4.78 is 0. The molecule has 0 amide bonds. The van der Waals surface area contributed by atoms with Gasteiger partial charge in [-0.15, -0.1) is 0 Å². The summed E-state index contributed by atoms with van der Waals surface area (Å²) in [5, 5.41) is 21.2. The van der Waals surface area contributed by atoms with E-state index in [0.717, 1.165) is 32.4 Å². The lowest BCUT2D eigenvalue weighted by Gasteiger charge is -2.12. The van der Waals surface area contributed by atoms with Crippen molar-refractivity contribution in [3.63, 3.8) is 0 Å². The fourth-order valence-corrected chi connectivity index (χ4v) is 1.03. The molecule has 2 N–H and O–H groups in total. The smallest absolute Gasteiger partial charge is 0.172 e. The van der Waals surface area contributed by atoms with E-state index in [2.05, 4.69) is 41.5 Å². The van der Waals surface area contributed by atoms with Gasteiger partial charge in [-0.3, -0.25) is 0 Å². The second-order valence-electron chi connectivity index (χ2n) is 5.35. The molecule has 0 saturated heterocycles. The Hall–Kier alpha value is -0.970. The Morgan fingerprint density at radius 1 is 1.10 bits per heavy atom. The van der Waals surface area contributed by atoms with Gasteiger partial charge in [-0.1, -0.05) is 40.5 Å². The van der Waals surface area contributed by atoms with Crippen LogP contribution >= 0.6 is 0 Å². The van der Waals surface area contributed by atoms with Gasteiger partial charge in [0.15, 0.2) is 5.72 Å². The Kier molecular flexibility index (Phi) is 16.4. The van der Waals surface area contributed by atoms with Gasteiger partial charge in [-0.05, 0) is 39.5 Å². The second kappa shape index (κ2) is 15.4. The molecule has 0 heterocycles. The molecule has 0 rings (SSSR count). The number of unbranched alkanes of at least 4 members (excludes halogenated alkanes) is 2. The number of nitrogens with zero attached hydrogens (tertiary/aromatic N) is 3. The van der Waals surface area contributed by atoms with Gasteiger partial charge >= 0.3 is 0 Å². The second-order valence-corrected chi connectivity index (χ2v) is 5.35. The van der Waals surface area contributed by atoms with E-state index in [4.69, 9.17) is 0 Å². The van der Waals surface area contributed by atoms with Crippen molar-refractivity contribution >= 4 is 5.71 Å². The first-order chi connectivity index (χ1) is 9.93. The highest BCUT2D eigenvalue weighted by atomic mass is 16.3. The van der Waals surface area contributed by atoms with Gasteiger partial charge in [0, 0.05) is 12.3 Å². The first-order valence-electron chi connectivity index (χ1n) is 8.30. The van der Waals surface area contributed by atoms with Crippen molar-refractivity contribution in [3.8, 4) is 0 Å². The van der Waals surface area contributed by atoms with Crippen LogP contribution in [0.2, 0.25) is 0 Å². The van der Waals surface area contributed by atoms with Crippen LogP contribution in [-0.4, -0.2) is 29.6 Å². The first-order valence-corrected chi connectivity index (χ1v) is 8.30. The summed E-state index contributed by atoms with van der Waals surface area (Å²) in [6.07, 6.45) is 6.26. The lowest BCUT2D eigenvalue weighted by molar-refractivity contribution is 0.0571. The zero-order chi connectivity index (χ0) is 16.6. The number of rotatable bonds is 10. The minimum absolute atomic E-state index is 0.614. The number of hydrogen-bond acceptors (Lipinski definition) is 5. The van der Waals surface area contributed by atoms with Crippen molar-refractivity contribution in [2.24, 2.45) is 15.3 Å². The van der Waals surface area contributed by atoms with E-state index in [1.165, 1.54) is 18.6 Å². The fraction of sp³-hybridized carbons (Fsp3) is 0.938. The van der Waals surface area contributed by atoms with Crippen molar-refractivity contribution in [3.05, 3.63) is 0 Å². The molecular formula is C16H36N4O. The molecule has 1 atom stereocenters. The molecule has 0 saturated carbocycles. The van der Waals surface area contributed by atoms with E-state index in [0.29, 0.717) is 6.42 Å². The van der Waals surface area contributed by atoms with Crippen molar-refractivity contribution in [2.45, 2.75) is 85.8 Å². The SMILES string of the molecule is CCCCN=NC(C)(O)CC.CCCCNN=C(C)CC. The number of azo groups is 1. The number of hydrazone groups is 1. The predicted octanol–water partition coefficient (Wildman–Crippen LogP) is 4.52. The van der Waals surface area contributed by atoms with Crippen LogP contribution in [0.3, 0.4) is 0 Å². The normalized spacial score (nSPS) is 14.5. The molecule has 0 aromatic heterocycles. The number of hydrogen-bond donors (Lipinski definition) is 2. The third-order valence-electron chi connectivity index (χ3n) is 2.99. The van der Waals surface area contributed by atoms with Crippen LogP contribution in [0.1, 0.15) is 80.1 Å². The maximum absolute atomic E-state index is 9.36. The predicted molar refractivity (Wildman–Crippen MR) is 91.9 cm³/mol. The Bertz CT molecular complexity index is 275. The van der Waals surface area contributed by atoms with Crippen LogP contribution in [0, 0.1) is 0 Å². The summed E-state index contributed by atoms with van der Waals surface area (Å²) in [7, 11) is 0. The van der Waals surface area contributed by atoms with Gasteiger partial charge in [-0.2, -0.15) is 15.3 Å². The van der Waals surface area contributed by atoms with Crippen LogP contribution in [0.15, 0.2) is 15.3 Å². The quantitative estimate of drug-likeness (QED) is 0.269. The summed E-state index contributed by atoms with van der Waals surface area (Å²) in [5.74, 6) is 0. The molecule has 0 aliphatic rings. The Morgan fingerprint density at radius 3 is 2.19 bits per heavy atom. The Morgan fingerprint density at radius 2 is 1.71 bits per heavy atom. The third kappa shape index (κ3) is 19.0. The number of nitrogens with one attached hydrogen (secondary N) is 1. The maximum Gasteiger partial charge on any atom is 0.172 e. The fourth-order valence-electron chi connectivity index (χ4n) is 1.03. The molecule has 21 heavy (non-hydrogen) atoms.